The Labute approximate surface area is 100 Å². The Morgan fingerprint density at radius 3 is 2.62 bits per heavy atom. The van der Waals surface area contributed by atoms with Gasteiger partial charge in [-0.25, -0.2) is 0 Å². The van der Waals surface area contributed by atoms with Crippen molar-refractivity contribution in [3.8, 4) is 6.07 Å². The van der Waals surface area contributed by atoms with Gasteiger partial charge in [0.2, 0.25) is 0 Å². The molecule has 1 unspecified atom stereocenters. The Morgan fingerprint density at radius 1 is 1.38 bits per heavy atom. The van der Waals surface area contributed by atoms with Gasteiger partial charge in [-0.05, 0) is 47.2 Å². The van der Waals surface area contributed by atoms with E-state index in [1.165, 1.54) is 19.6 Å². The van der Waals surface area contributed by atoms with Gasteiger partial charge in [0, 0.05) is 25.7 Å². The molecule has 0 aromatic rings. The van der Waals surface area contributed by atoms with Crippen LogP contribution in [0.3, 0.4) is 0 Å². The van der Waals surface area contributed by atoms with E-state index in [9.17, 15) is 0 Å². The third-order valence-electron chi connectivity index (χ3n) is 3.52. The fourth-order valence-corrected chi connectivity index (χ4v) is 2.29. The van der Waals surface area contributed by atoms with Crippen LogP contribution in [-0.2, 0) is 0 Å². The van der Waals surface area contributed by atoms with Crippen LogP contribution in [-0.4, -0.2) is 49.1 Å². The topological polar surface area (TPSA) is 30.3 Å². The van der Waals surface area contributed by atoms with Crippen molar-refractivity contribution in [1.29, 1.82) is 5.26 Å². The summed E-state index contributed by atoms with van der Waals surface area (Å²) in [5.74, 6) is 0. The van der Waals surface area contributed by atoms with Crippen LogP contribution in [0.4, 0.5) is 0 Å². The molecule has 16 heavy (non-hydrogen) atoms. The van der Waals surface area contributed by atoms with Crippen molar-refractivity contribution < 1.29 is 0 Å². The molecule has 0 N–H and O–H groups in total. The van der Waals surface area contributed by atoms with Gasteiger partial charge in [-0.3, -0.25) is 4.90 Å². The van der Waals surface area contributed by atoms with Crippen LogP contribution in [0.1, 0.15) is 33.6 Å². The summed E-state index contributed by atoms with van der Waals surface area (Å²) < 4.78 is 0. The molecule has 0 saturated carbocycles. The smallest absolute Gasteiger partial charge is 0.0683 e. The van der Waals surface area contributed by atoms with Gasteiger partial charge in [-0.15, -0.1) is 0 Å². The van der Waals surface area contributed by atoms with Crippen molar-refractivity contribution in [1.82, 2.24) is 9.80 Å². The molecular formula is C13H25N3. The highest BCUT2D eigenvalue weighted by molar-refractivity contribution is 4.91. The molecule has 0 amide bonds. The normalized spacial score (nSPS) is 24.3. The summed E-state index contributed by atoms with van der Waals surface area (Å²) in [6.07, 6.45) is 2.14. The maximum atomic E-state index is 8.95. The SMILES string of the molecule is CC1CN(C)CCN1CCCC(C)(C)C#N. The Hall–Kier alpha value is -0.590. The fourth-order valence-electron chi connectivity index (χ4n) is 2.29. The highest BCUT2D eigenvalue weighted by Gasteiger charge is 2.22. The van der Waals surface area contributed by atoms with Crippen molar-refractivity contribution in [3.05, 3.63) is 0 Å². The van der Waals surface area contributed by atoms with Gasteiger partial charge in [0.1, 0.15) is 0 Å². The number of rotatable bonds is 4. The zero-order chi connectivity index (χ0) is 12.2. The van der Waals surface area contributed by atoms with Crippen molar-refractivity contribution >= 4 is 0 Å². The molecule has 3 nitrogen and oxygen atoms in total. The first kappa shape index (κ1) is 13.5. The van der Waals surface area contributed by atoms with E-state index in [0.29, 0.717) is 6.04 Å². The first-order valence-electron chi connectivity index (χ1n) is 6.28. The maximum Gasteiger partial charge on any atom is 0.0683 e. The minimum atomic E-state index is -0.157. The number of piperazine rings is 1. The largest absolute Gasteiger partial charge is 0.304 e. The first-order valence-corrected chi connectivity index (χ1v) is 6.28. The van der Waals surface area contributed by atoms with Gasteiger partial charge in [-0.1, -0.05) is 0 Å². The number of hydrogen-bond donors (Lipinski definition) is 0. The molecule has 1 heterocycles. The van der Waals surface area contributed by atoms with Gasteiger partial charge in [0.25, 0.3) is 0 Å². The zero-order valence-corrected chi connectivity index (χ0v) is 11.2. The first-order chi connectivity index (χ1) is 7.44. The van der Waals surface area contributed by atoms with E-state index in [0.717, 1.165) is 19.4 Å². The molecule has 1 aliphatic heterocycles. The van der Waals surface area contributed by atoms with Crippen LogP contribution < -0.4 is 0 Å². The highest BCUT2D eigenvalue weighted by Crippen LogP contribution is 2.21. The van der Waals surface area contributed by atoms with E-state index >= 15 is 0 Å². The molecule has 1 atom stereocenters. The lowest BCUT2D eigenvalue weighted by Gasteiger charge is -2.38. The van der Waals surface area contributed by atoms with Crippen LogP contribution in [0.2, 0.25) is 0 Å². The Balaban J connectivity index is 2.26. The molecule has 3 heteroatoms. The minimum Gasteiger partial charge on any atom is -0.304 e. The summed E-state index contributed by atoms with van der Waals surface area (Å²) in [6, 6.07) is 3.03. The lowest BCUT2D eigenvalue weighted by Crippen LogP contribution is -2.50. The molecule has 0 radical (unpaired) electrons. The molecule has 0 aromatic carbocycles. The van der Waals surface area contributed by atoms with Gasteiger partial charge in [-0.2, -0.15) is 5.26 Å². The number of nitrogens with zero attached hydrogens (tertiary/aromatic N) is 3. The number of hydrogen-bond acceptors (Lipinski definition) is 3. The molecule has 92 valence electrons. The molecule has 0 aromatic heterocycles. The van der Waals surface area contributed by atoms with E-state index in [1.807, 2.05) is 13.8 Å². The Morgan fingerprint density at radius 2 is 2.06 bits per heavy atom. The third-order valence-corrected chi connectivity index (χ3v) is 3.52. The van der Waals surface area contributed by atoms with Crippen molar-refractivity contribution in [2.75, 3.05) is 33.2 Å². The van der Waals surface area contributed by atoms with E-state index in [1.54, 1.807) is 0 Å². The van der Waals surface area contributed by atoms with Gasteiger partial charge < -0.3 is 4.90 Å². The average Bonchev–Trinajstić information content (AvgIpc) is 2.21. The van der Waals surface area contributed by atoms with E-state index in [2.05, 4.69) is 29.8 Å². The van der Waals surface area contributed by atoms with E-state index < -0.39 is 0 Å². The summed E-state index contributed by atoms with van der Waals surface area (Å²) >= 11 is 0. The predicted molar refractivity (Wildman–Crippen MR) is 67.2 cm³/mol. The highest BCUT2D eigenvalue weighted by atomic mass is 15.3. The summed E-state index contributed by atoms with van der Waals surface area (Å²) in [7, 11) is 2.19. The van der Waals surface area contributed by atoms with E-state index in [4.69, 9.17) is 5.26 Å². The maximum absolute atomic E-state index is 8.95. The quantitative estimate of drug-likeness (QED) is 0.730. The van der Waals surface area contributed by atoms with Gasteiger partial charge in [0.05, 0.1) is 11.5 Å². The lowest BCUT2D eigenvalue weighted by molar-refractivity contribution is 0.0966. The van der Waals surface area contributed by atoms with Crippen molar-refractivity contribution in [2.24, 2.45) is 5.41 Å². The van der Waals surface area contributed by atoms with Crippen LogP contribution in [0.25, 0.3) is 0 Å². The molecule has 1 rings (SSSR count). The monoisotopic (exact) mass is 223 g/mol. The molecular weight excluding hydrogens is 198 g/mol. The predicted octanol–water partition coefficient (Wildman–Crippen LogP) is 1.95. The molecule has 0 aliphatic carbocycles. The third kappa shape index (κ3) is 4.11. The standard InChI is InChI=1S/C13H25N3/c1-12-10-15(4)8-9-16(12)7-5-6-13(2,3)11-14/h12H,5-10H2,1-4H3. The Bertz CT molecular complexity index is 254. The second-order valence-electron chi connectivity index (χ2n) is 5.75. The van der Waals surface area contributed by atoms with Crippen LogP contribution in [0, 0.1) is 16.7 Å². The van der Waals surface area contributed by atoms with Crippen LogP contribution in [0.15, 0.2) is 0 Å². The molecule has 0 bridgehead atoms. The second kappa shape index (κ2) is 5.65. The average molecular weight is 223 g/mol. The minimum absolute atomic E-state index is 0.157. The molecule has 1 aliphatic rings. The summed E-state index contributed by atoms with van der Waals surface area (Å²) in [5.41, 5.74) is -0.157. The second-order valence-corrected chi connectivity index (χ2v) is 5.75. The van der Waals surface area contributed by atoms with Gasteiger partial charge >= 0.3 is 0 Å². The fraction of sp³-hybridized carbons (Fsp3) is 0.923. The van der Waals surface area contributed by atoms with Crippen molar-refractivity contribution in [2.45, 2.75) is 39.7 Å². The number of likely N-dealkylation sites (N-methyl/N-ethyl adjacent to an activating group) is 1. The molecule has 1 saturated heterocycles. The van der Waals surface area contributed by atoms with Crippen LogP contribution in [0.5, 0.6) is 0 Å². The summed E-state index contributed by atoms with van der Waals surface area (Å²) in [6.45, 7) is 11.0. The van der Waals surface area contributed by atoms with Gasteiger partial charge in [0.15, 0.2) is 0 Å². The molecule has 1 fully saturated rings. The lowest BCUT2D eigenvalue weighted by atomic mass is 9.89. The molecule has 0 spiro atoms. The summed E-state index contributed by atoms with van der Waals surface area (Å²) in [5, 5.41) is 8.95. The summed E-state index contributed by atoms with van der Waals surface area (Å²) in [4.78, 5) is 4.94. The van der Waals surface area contributed by atoms with Crippen molar-refractivity contribution in [3.63, 3.8) is 0 Å². The zero-order valence-electron chi connectivity index (χ0n) is 11.2. The van der Waals surface area contributed by atoms with Crippen LogP contribution >= 0.6 is 0 Å². The number of nitriles is 1. The Kier molecular flexibility index (Phi) is 4.76. The van der Waals surface area contributed by atoms with E-state index in [-0.39, 0.29) is 5.41 Å².